The molecule has 1 aliphatic rings. The fourth-order valence-electron chi connectivity index (χ4n) is 2.56. The van der Waals surface area contributed by atoms with Crippen molar-refractivity contribution in [3.05, 3.63) is 35.6 Å². The summed E-state index contributed by atoms with van der Waals surface area (Å²) in [5.74, 6) is -0.251. The van der Waals surface area contributed by atoms with E-state index < -0.39 is 6.17 Å². The molecule has 1 aromatic carbocycles. The Balaban J connectivity index is 2.30. The highest BCUT2D eigenvalue weighted by molar-refractivity contribution is 5.22. The summed E-state index contributed by atoms with van der Waals surface area (Å²) < 4.78 is 26.8. The zero-order valence-corrected chi connectivity index (χ0v) is 10.6. The Kier molecular flexibility index (Phi) is 3.21. The van der Waals surface area contributed by atoms with E-state index in [1.807, 2.05) is 6.07 Å². The van der Waals surface area contributed by atoms with Crippen molar-refractivity contribution in [2.24, 2.45) is 0 Å². The van der Waals surface area contributed by atoms with Gasteiger partial charge in [0.2, 0.25) is 0 Å². The summed E-state index contributed by atoms with van der Waals surface area (Å²) in [5, 5.41) is 0. The SMILES string of the molecule is CC(C)(C)N1CC(F)CC1c1cccc(F)c1. The lowest BCUT2D eigenvalue weighted by Gasteiger charge is -2.37. The van der Waals surface area contributed by atoms with Crippen LogP contribution in [0, 0.1) is 5.82 Å². The van der Waals surface area contributed by atoms with E-state index in [0.29, 0.717) is 13.0 Å². The minimum absolute atomic E-state index is 0.0132. The average molecular weight is 239 g/mol. The maximum Gasteiger partial charge on any atom is 0.123 e. The molecule has 2 atom stereocenters. The van der Waals surface area contributed by atoms with E-state index in [2.05, 4.69) is 25.7 Å². The standard InChI is InChI=1S/C14H19F2N/c1-14(2,3)17-9-12(16)8-13(17)10-5-4-6-11(15)7-10/h4-7,12-13H,8-9H2,1-3H3. The Bertz CT molecular complexity index is 397. The van der Waals surface area contributed by atoms with Crippen molar-refractivity contribution >= 4 is 0 Å². The molecule has 94 valence electrons. The lowest BCUT2D eigenvalue weighted by Crippen LogP contribution is -2.41. The summed E-state index contributed by atoms with van der Waals surface area (Å²) >= 11 is 0. The third-order valence-electron chi connectivity index (χ3n) is 3.35. The number of hydrogen-bond acceptors (Lipinski definition) is 1. The van der Waals surface area contributed by atoms with Gasteiger partial charge in [0.1, 0.15) is 12.0 Å². The Labute approximate surface area is 101 Å². The molecule has 0 aromatic heterocycles. The molecule has 3 heteroatoms. The summed E-state index contributed by atoms with van der Waals surface area (Å²) in [6.07, 6.45) is -0.358. The fraction of sp³-hybridized carbons (Fsp3) is 0.571. The van der Waals surface area contributed by atoms with Gasteiger partial charge in [-0.05, 0) is 44.9 Å². The first-order valence-electron chi connectivity index (χ1n) is 6.04. The predicted octanol–water partition coefficient (Wildman–Crippen LogP) is 3.71. The first kappa shape index (κ1) is 12.5. The van der Waals surface area contributed by atoms with Crippen LogP contribution in [0.3, 0.4) is 0 Å². The van der Waals surface area contributed by atoms with Crippen molar-refractivity contribution in [3.63, 3.8) is 0 Å². The Hall–Kier alpha value is -0.960. The van der Waals surface area contributed by atoms with Crippen LogP contribution in [0.25, 0.3) is 0 Å². The maximum absolute atomic E-state index is 13.6. The van der Waals surface area contributed by atoms with E-state index in [4.69, 9.17) is 0 Å². The van der Waals surface area contributed by atoms with E-state index in [9.17, 15) is 8.78 Å². The first-order valence-corrected chi connectivity index (χ1v) is 6.04. The molecular formula is C14H19F2N. The minimum Gasteiger partial charge on any atom is -0.288 e. The molecule has 1 heterocycles. The molecular weight excluding hydrogens is 220 g/mol. The van der Waals surface area contributed by atoms with Crippen molar-refractivity contribution in [2.75, 3.05) is 6.54 Å². The number of nitrogens with zero attached hydrogens (tertiary/aromatic N) is 1. The van der Waals surface area contributed by atoms with Crippen LogP contribution in [0.4, 0.5) is 8.78 Å². The van der Waals surface area contributed by atoms with E-state index in [-0.39, 0.29) is 17.4 Å². The van der Waals surface area contributed by atoms with Crippen LogP contribution in [0.15, 0.2) is 24.3 Å². The minimum atomic E-state index is -0.817. The molecule has 0 aliphatic carbocycles. The normalized spacial score (nSPS) is 26.4. The van der Waals surface area contributed by atoms with Gasteiger partial charge in [0.05, 0.1) is 0 Å². The second-order valence-electron chi connectivity index (χ2n) is 5.73. The van der Waals surface area contributed by atoms with E-state index in [1.54, 1.807) is 6.07 Å². The van der Waals surface area contributed by atoms with Gasteiger partial charge in [0.25, 0.3) is 0 Å². The van der Waals surface area contributed by atoms with E-state index in [1.165, 1.54) is 12.1 Å². The van der Waals surface area contributed by atoms with E-state index >= 15 is 0 Å². The third-order valence-corrected chi connectivity index (χ3v) is 3.35. The van der Waals surface area contributed by atoms with Crippen LogP contribution in [0.2, 0.25) is 0 Å². The van der Waals surface area contributed by atoms with Crippen LogP contribution in [-0.2, 0) is 0 Å². The van der Waals surface area contributed by atoms with Gasteiger partial charge < -0.3 is 0 Å². The fourth-order valence-corrected chi connectivity index (χ4v) is 2.56. The predicted molar refractivity (Wildman–Crippen MR) is 65.1 cm³/mol. The number of alkyl halides is 1. The molecule has 0 amide bonds. The molecule has 2 unspecified atom stereocenters. The number of halogens is 2. The van der Waals surface area contributed by atoms with Gasteiger partial charge in [-0.3, -0.25) is 4.90 Å². The Morgan fingerprint density at radius 1 is 1.29 bits per heavy atom. The third kappa shape index (κ3) is 2.65. The molecule has 0 spiro atoms. The lowest BCUT2D eigenvalue weighted by molar-refractivity contribution is 0.116. The zero-order chi connectivity index (χ0) is 12.6. The van der Waals surface area contributed by atoms with Crippen LogP contribution >= 0.6 is 0 Å². The van der Waals surface area contributed by atoms with Crippen molar-refractivity contribution in [2.45, 2.75) is 44.9 Å². The molecule has 0 radical (unpaired) electrons. The highest BCUT2D eigenvalue weighted by atomic mass is 19.1. The summed E-state index contributed by atoms with van der Waals surface area (Å²) in [7, 11) is 0. The quantitative estimate of drug-likeness (QED) is 0.722. The first-order chi connectivity index (χ1) is 7.88. The van der Waals surface area contributed by atoms with Gasteiger partial charge in [0, 0.05) is 18.1 Å². The number of hydrogen-bond donors (Lipinski definition) is 0. The second-order valence-corrected chi connectivity index (χ2v) is 5.73. The second kappa shape index (κ2) is 4.37. The number of likely N-dealkylation sites (tertiary alicyclic amines) is 1. The highest BCUT2D eigenvalue weighted by Crippen LogP contribution is 2.38. The maximum atomic E-state index is 13.6. The van der Waals surface area contributed by atoms with Gasteiger partial charge in [-0.2, -0.15) is 0 Å². The molecule has 1 fully saturated rings. The molecule has 2 rings (SSSR count). The largest absolute Gasteiger partial charge is 0.288 e. The molecule has 1 nitrogen and oxygen atoms in total. The van der Waals surface area contributed by atoms with Crippen molar-refractivity contribution in [1.82, 2.24) is 4.90 Å². The molecule has 1 aromatic rings. The van der Waals surface area contributed by atoms with Gasteiger partial charge >= 0.3 is 0 Å². The summed E-state index contributed by atoms with van der Waals surface area (Å²) in [6, 6.07) is 6.50. The lowest BCUT2D eigenvalue weighted by atomic mass is 9.99. The van der Waals surface area contributed by atoms with Gasteiger partial charge in [-0.15, -0.1) is 0 Å². The van der Waals surface area contributed by atoms with Crippen molar-refractivity contribution < 1.29 is 8.78 Å². The van der Waals surface area contributed by atoms with Gasteiger partial charge in [-0.25, -0.2) is 8.78 Å². The smallest absolute Gasteiger partial charge is 0.123 e. The average Bonchev–Trinajstić information content (AvgIpc) is 2.60. The summed E-state index contributed by atoms with van der Waals surface area (Å²) in [4.78, 5) is 2.12. The van der Waals surface area contributed by atoms with Crippen molar-refractivity contribution in [1.29, 1.82) is 0 Å². The molecule has 0 bridgehead atoms. The molecule has 17 heavy (non-hydrogen) atoms. The molecule has 0 saturated carbocycles. The monoisotopic (exact) mass is 239 g/mol. The Morgan fingerprint density at radius 2 is 2.00 bits per heavy atom. The van der Waals surface area contributed by atoms with Crippen LogP contribution in [-0.4, -0.2) is 23.2 Å². The number of benzene rings is 1. The van der Waals surface area contributed by atoms with Crippen LogP contribution < -0.4 is 0 Å². The van der Waals surface area contributed by atoms with Gasteiger partial charge in [0.15, 0.2) is 0 Å². The van der Waals surface area contributed by atoms with Crippen LogP contribution in [0.1, 0.15) is 38.8 Å². The molecule has 1 aliphatic heterocycles. The molecule has 0 N–H and O–H groups in total. The molecule has 1 saturated heterocycles. The van der Waals surface area contributed by atoms with E-state index in [0.717, 1.165) is 5.56 Å². The zero-order valence-electron chi connectivity index (χ0n) is 10.6. The van der Waals surface area contributed by atoms with Gasteiger partial charge in [-0.1, -0.05) is 12.1 Å². The van der Waals surface area contributed by atoms with Crippen LogP contribution in [0.5, 0.6) is 0 Å². The Morgan fingerprint density at radius 3 is 2.59 bits per heavy atom. The number of rotatable bonds is 1. The van der Waals surface area contributed by atoms with Crippen molar-refractivity contribution in [3.8, 4) is 0 Å². The topological polar surface area (TPSA) is 3.24 Å². The highest BCUT2D eigenvalue weighted by Gasteiger charge is 2.39. The summed E-state index contributed by atoms with van der Waals surface area (Å²) in [5.41, 5.74) is 0.776. The summed E-state index contributed by atoms with van der Waals surface area (Å²) in [6.45, 7) is 6.64.